The van der Waals surface area contributed by atoms with Gasteiger partial charge >= 0.3 is 6.03 Å². The van der Waals surface area contributed by atoms with Crippen LogP contribution in [-0.4, -0.2) is 52.5 Å². The molecule has 8 nitrogen and oxygen atoms in total. The van der Waals surface area contributed by atoms with Gasteiger partial charge in [-0.2, -0.15) is 5.10 Å². The van der Waals surface area contributed by atoms with Crippen molar-refractivity contribution in [2.75, 3.05) is 17.6 Å². The van der Waals surface area contributed by atoms with E-state index in [4.69, 9.17) is 0 Å². The van der Waals surface area contributed by atoms with Crippen LogP contribution >= 0.6 is 0 Å². The molecule has 1 fully saturated rings. The lowest BCUT2D eigenvalue weighted by molar-refractivity contribution is 0.171. The number of carbonyl (C=O) groups is 1. The number of hydrogen-bond donors (Lipinski definition) is 1. The first-order valence-electron chi connectivity index (χ1n) is 9.11. The van der Waals surface area contributed by atoms with Crippen molar-refractivity contribution in [3.8, 4) is 0 Å². The van der Waals surface area contributed by atoms with Gasteiger partial charge in [-0.1, -0.05) is 0 Å². The molecule has 0 saturated carbocycles. The van der Waals surface area contributed by atoms with Crippen molar-refractivity contribution in [1.82, 2.24) is 19.7 Å². The molecule has 2 aromatic heterocycles. The Hall–Kier alpha value is -2.42. The Morgan fingerprint density at radius 1 is 1.30 bits per heavy atom. The number of hydrogen-bond acceptors (Lipinski definition) is 5. The summed E-state index contributed by atoms with van der Waals surface area (Å²) in [5.41, 5.74) is 0.639. The Bertz CT molecular complexity index is 879. The molecule has 1 aliphatic rings. The van der Waals surface area contributed by atoms with E-state index in [0.29, 0.717) is 18.7 Å². The van der Waals surface area contributed by atoms with Gasteiger partial charge in [-0.25, -0.2) is 13.2 Å². The number of amides is 2. The molecule has 1 unspecified atom stereocenters. The van der Waals surface area contributed by atoms with Gasteiger partial charge < -0.3 is 10.2 Å². The van der Waals surface area contributed by atoms with E-state index < -0.39 is 9.84 Å². The smallest absolute Gasteiger partial charge is 0.321 e. The largest absolute Gasteiger partial charge is 0.322 e. The molecule has 3 heterocycles. The third-order valence-corrected chi connectivity index (χ3v) is 6.45. The summed E-state index contributed by atoms with van der Waals surface area (Å²) >= 11 is 0. The number of piperidine rings is 1. The molecule has 1 aliphatic heterocycles. The molecule has 1 saturated heterocycles. The van der Waals surface area contributed by atoms with Crippen LogP contribution in [0.4, 0.5) is 10.5 Å². The van der Waals surface area contributed by atoms with Crippen LogP contribution in [0.25, 0.3) is 0 Å². The van der Waals surface area contributed by atoms with Crippen molar-refractivity contribution in [2.24, 2.45) is 0 Å². The SMILES string of the molecule is CC(C)n1cc(S(=O)(=O)CC2CCCCN2C(=O)Nc2ccncc2)cn1. The van der Waals surface area contributed by atoms with Gasteiger partial charge in [0.15, 0.2) is 9.84 Å². The molecule has 1 atom stereocenters. The lowest BCUT2D eigenvalue weighted by atomic mass is 10.0. The summed E-state index contributed by atoms with van der Waals surface area (Å²) in [5, 5.41) is 6.95. The molecule has 27 heavy (non-hydrogen) atoms. The van der Waals surface area contributed by atoms with Gasteiger partial charge in [0, 0.05) is 42.9 Å². The number of carbonyl (C=O) groups excluding carboxylic acids is 1. The molecule has 2 amide bonds. The van der Waals surface area contributed by atoms with Crippen LogP contribution in [-0.2, 0) is 9.84 Å². The van der Waals surface area contributed by atoms with E-state index in [1.54, 1.807) is 40.3 Å². The molecule has 0 radical (unpaired) electrons. The lowest BCUT2D eigenvalue weighted by Gasteiger charge is -2.35. The van der Waals surface area contributed by atoms with Crippen LogP contribution in [0.1, 0.15) is 39.2 Å². The van der Waals surface area contributed by atoms with Gasteiger partial charge in [0.1, 0.15) is 4.90 Å². The highest BCUT2D eigenvalue weighted by molar-refractivity contribution is 7.91. The van der Waals surface area contributed by atoms with Crippen molar-refractivity contribution < 1.29 is 13.2 Å². The summed E-state index contributed by atoms with van der Waals surface area (Å²) in [6.45, 7) is 4.42. The van der Waals surface area contributed by atoms with Crippen molar-refractivity contribution in [3.05, 3.63) is 36.9 Å². The fourth-order valence-corrected chi connectivity index (χ4v) is 4.71. The minimum atomic E-state index is -3.53. The predicted molar refractivity (Wildman–Crippen MR) is 102 cm³/mol. The molecule has 146 valence electrons. The van der Waals surface area contributed by atoms with E-state index in [2.05, 4.69) is 15.4 Å². The van der Waals surface area contributed by atoms with Gasteiger partial charge in [0.05, 0.1) is 11.9 Å². The number of nitrogens with one attached hydrogen (secondary N) is 1. The first-order chi connectivity index (χ1) is 12.9. The zero-order chi connectivity index (χ0) is 19.4. The average molecular weight is 391 g/mol. The fourth-order valence-electron chi connectivity index (χ4n) is 3.18. The normalized spacial score (nSPS) is 17.9. The van der Waals surface area contributed by atoms with Gasteiger partial charge in [0.2, 0.25) is 0 Å². The number of rotatable bonds is 5. The lowest BCUT2D eigenvalue weighted by Crippen LogP contribution is -2.48. The maximum absolute atomic E-state index is 12.8. The Morgan fingerprint density at radius 2 is 2.04 bits per heavy atom. The highest BCUT2D eigenvalue weighted by atomic mass is 32.2. The third-order valence-electron chi connectivity index (χ3n) is 4.70. The predicted octanol–water partition coefficient (Wildman–Crippen LogP) is 2.72. The summed E-state index contributed by atoms with van der Waals surface area (Å²) in [5.74, 6) is -0.0967. The maximum Gasteiger partial charge on any atom is 0.322 e. The van der Waals surface area contributed by atoms with Crippen LogP contribution in [0.2, 0.25) is 0 Å². The van der Waals surface area contributed by atoms with Crippen molar-refractivity contribution in [2.45, 2.75) is 50.1 Å². The number of aromatic nitrogens is 3. The van der Waals surface area contributed by atoms with Crippen LogP contribution in [0, 0.1) is 0 Å². The molecule has 3 rings (SSSR count). The second-order valence-electron chi connectivity index (χ2n) is 7.04. The summed E-state index contributed by atoms with van der Waals surface area (Å²) < 4.78 is 27.3. The Morgan fingerprint density at radius 3 is 2.70 bits per heavy atom. The maximum atomic E-state index is 12.8. The number of nitrogens with zero attached hydrogens (tertiary/aromatic N) is 4. The van der Waals surface area contributed by atoms with E-state index in [1.807, 2.05) is 13.8 Å². The highest BCUT2D eigenvalue weighted by Gasteiger charge is 2.32. The Balaban J connectivity index is 1.73. The number of urea groups is 1. The number of likely N-dealkylation sites (tertiary alicyclic amines) is 1. The van der Waals surface area contributed by atoms with E-state index in [-0.39, 0.29) is 28.8 Å². The van der Waals surface area contributed by atoms with E-state index in [1.165, 1.54) is 6.20 Å². The quantitative estimate of drug-likeness (QED) is 0.845. The minimum Gasteiger partial charge on any atom is -0.321 e. The van der Waals surface area contributed by atoms with Crippen LogP contribution in [0.5, 0.6) is 0 Å². The molecular formula is C18H25N5O3S. The van der Waals surface area contributed by atoms with Gasteiger partial charge in [-0.3, -0.25) is 9.67 Å². The average Bonchev–Trinajstić information content (AvgIpc) is 3.14. The molecule has 0 aliphatic carbocycles. The molecule has 2 aromatic rings. The highest BCUT2D eigenvalue weighted by Crippen LogP contribution is 2.23. The standard InChI is InChI=1S/C18H25N5O3S/c1-14(2)23-12-17(11-20-23)27(25,26)13-16-5-3-4-10-22(16)18(24)21-15-6-8-19-9-7-15/h6-9,11-12,14,16H,3-5,10,13H2,1-2H3,(H,19,21,24). The third kappa shape index (κ3) is 4.65. The molecule has 0 aromatic carbocycles. The van der Waals surface area contributed by atoms with Crippen LogP contribution in [0.15, 0.2) is 41.8 Å². The van der Waals surface area contributed by atoms with Crippen molar-refractivity contribution >= 4 is 21.6 Å². The van der Waals surface area contributed by atoms with Crippen LogP contribution in [0.3, 0.4) is 0 Å². The molecule has 0 spiro atoms. The van der Waals surface area contributed by atoms with Crippen LogP contribution < -0.4 is 5.32 Å². The Kier molecular flexibility index (Phi) is 5.79. The van der Waals surface area contributed by atoms with E-state index >= 15 is 0 Å². The van der Waals surface area contributed by atoms with Gasteiger partial charge in [-0.05, 0) is 45.2 Å². The summed E-state index contributed by atoms with van der Waals surface area (Å²) in [6.07, 6.45) is 8.58. The van der Waals surface area contributed by atoms with E-state index in [0.717, 1.165) is 12.8 Å². The number of pyridine rings is 1. The van der Waals surface area contributed by atoms with Crippen molar-refractivity contribution in [3.63, 3.8) is 0 Å². The molecule has 0 bridgehead atoms. The number of anilines is 1. The second-order valence-corrected chi connectivity index (χ2v) is 9.07. The summed E-state index contributed by atoms with van der Waals surface area (Å²) in [6, 6.07) is 2.86. The summed E-state index contributed by atoms with van der Waals surface area (Å²) in [7, 11) is -3.53. The molecule has 1 N–H and O–H groups in total. The second kappa shape index (κ2) is 8.08. The Labute approximate surface area is 159 Å². The van der Waals surface area contributed by atoms with Gasteiger partial charge in [0.25, 0.3) is 0 Å². The zero-order valence-electron chi connectivity index (χ0n) is 15.6. The fraction of sp³-hybridized carbons (Fsp3) is 0.500. The first kappa shape index (κ1) is 19.3. The van der Waals surface area contributed by atoms with Gasteiger partial charge in [-0.15, -0.1) is 0 Å². The van der Waals surface area contributed by atoms with Crippen molar-refractivity contribution in [1.29, 1.82) is 0 Å². The summed E-state index contributed by atoms with van der Waals surface area (Å²) in [4.78, 5) is 18.4. The van der Waals surface area contributed by atoms with E-state index in [9.17, 15) is 13.2 Å². The topological polar surface area (TPSA) is 97.2 Å². The number of sulfone groups is 1. The zero-order valence-corrected chi connectivity index (χ0v) is 16.4. The minimum absolute atomic E-state index is 0.0891. The first-order valence-corrected chi connectivity index (χ1v) is 10.8. The monoisotopic (exact) mass is 391 g/mol. The molecule has 9 heteroatoms. The molecular weight excluding hydrogens is 366 g/mol.